The maximum atomic E-state index is 10.8. The van der Waals surface area contributed by atoms with Crippen LogP contribution in [0, 0.1) is 11.3 Å². The van der Waals surface area contributed by atoms with Crippen molar-refractivity contribution in [1.82, 2.24) is 0 Å². The van der Waals surface area contributed by atoms with Crippen molar-refractivity contribution in [3.8, 4) is 0 Å². The molecule has 88 valence electrons. The van der Waals surface area contributed by atoms with Gasteiger partial charge in [-0.3, -0.25) is 0 Å². The van der Waals surface area contributed by atoms with Gasteiger partial charge in [-0.05, 0) is 11.5 Å². The second-order valence-corrected chi connectivity index (χ2v) is 5.62. The lowest BCUT2D eigenvalue weighted by atomic mass is 9.96. The molecule has 2 unspecified atom stereocenters. The highest BCUT2D eigenvalue weighted by Crippen LogP contribution is 2.73. The third-order valence-electron chi connectivity index (χ3n) is 4.37. The Balaban J connectivity index is 2.50. The van der Waals surface area contributed by atoms with Gasteiger partial charge in [0.2, 0.25) is 0 Å². The van der Waals surface area contributed by atoms with E-state index in [0.717, 1.165) is 5.56 Å². The summed E-state index contributed by atoms with van der Waals surface area (Å²) in [5.74, 6) is 0.0210. The van der Waals surface area contributed by atoms with E-state index in [0.29, 0.717) is 0 Å². The quantitative estimate of drug-likeness (QED) is 0.803. The molecule has 1 saturated carbocycles. The molecule has 0 amide bonds. The van der Waals surface area contributed by atoms with Gasteiger partial charge < -0.3 is 10.2 Å². The molecule has 1 fully saturated rings. The minimum absolute atomic E-state index is 0.0210. The summed E-state index contributed by atoms with van der Waals surface area (Å²) in [5, 5.41) is 21.4. The van der Waals surface area contributed by atoms with Crippen LogP contribution in [-0.4, -0.2) is 15.8 Å². The van der Waals surface area contributed by atoms with Gasteiger partial charge in [-0.15, -0.1) is 0 Å². The highest BCUT2D eigenvalue weighted by atomic mass is 16.4. The predicted octanol–water partition coefficient (Wildman–Crippen LogP) is 2.30. The smallest absolute Gasteiger partial charge is 0.127 e. The second kappa shape index (κ2) is 3.08. The van der Waals surface area contributed by atoms with Gasteiger partial charge in [0.15, 0.2) is 0 Å². The van der Waals surface area contributed by atoms with Crippen LogP contribution in [0.5, 0.6) is 0 Å². The Kier molecular flexibility index (Phi) is 2.24. The van der Waals surface area contributed by atoms with Gasteiger partial charge in [0.1, 0.15) is 11.2 Å². The lowest BCUT2D eigenvalue weighted by Crippen LogP contribution is -2.29. The first kappa shape index (κ1) is 11.6. The molecule has 1 aromatic rings. The molecule has 16 heavy (non-hydrogen) atoms. The molecule has 2 N–H and O–H groups in total. The van der Waals surface area contributed by atoms with Crippen LogP contribution in [0.15, 0.2) is 30.3 Å². The average Bonchev–Trinajstić information content (AvgIpc) is 2.62. The van der Waals surface area contributed by atoms with Gasteiger partial charge >= 0.3 is 0 Å². The first-order valence-corrected chi connectivity index (χ1v) is 5.80. The van der Waals surface area contributed by atoms with E-state index in [2.05, 4.69) is 0 Å². The Morgan fingerprint density at radius 2 is 1.50 bits per heavy atom. The third-order valence-corrected chi connectivity index (χ3v) is 4.37. The molecule has 0 aliphatic heterocycles. The van der Waals surface area contributed by atoms with E-state index in [9.17, 15) is 10.2 Å². The molecule has 0 heterocycles. The number of aliphatic hydroxyl groups is 2. The van der Waals surface area contributed by atoms with Crippen molar-refractivity contribution in [3.63, 3.8) is 0 Å². The van der Waals surface area contributed by atoms with Crippen LogP contribution in [0.1, 0.15) is 33.3 Å². The van der Waals surface area contributed by atoms with Gasteiger partial charge in [0.25, 0.3) is 0 Å². The Bertz CT molecular complexity index is 396. The molecule has 0 bridgehead atoms. The van der Waals surface area contributed by atoms with Gasteiger partial charge in [-0.1, -0.05) is 58.0 Å². The Hall–Kier alpha value is -0.860. The van der Waals surface area contributed by atoms with Crippen LogP contribution in [0.4, 0.5) is 0 Å². The topological polar surface area (TPSA) is 40.5 Å². The Labute approximate surface area is 96.9 Å². The zero-order valence-electron chi connectivity index (χ0n) is 10.4. The van der Waals surface area contributed by atoms with Crippen molar-refractivity contribution in [3.05, 3.63) is 35.9 Å². The summed E-state index contributed by atoms with van der Waals surface area (Å²) >= 11 is 0. The van der Waals surface area contributed by atoms with E-state index in [1.165, 1.54) is 0 Å². The summed E-state index contributed by atoms with van der Waals surface area (Å²) in [6, 6.07) is 9.45. The van der Waals surface area contributed by atoms with Crippen molar-refractivity contribution < 1.29 is 10.2 Å². The summed E-state index contributed by atoms with van der Waals surface area (Å²) in [5.41, 5.74) is -1.87. The first-order chi connectivity index (χ1) is 7.30. The largest absolute Gasteiger partial charge is 0.386 e. The van der Waals surface area contributed by atoms with Gasteiger partial charge in [0.05, 0.1) is 0 Å². The van der Waals surface area contributed by atoms with Crippen LogP contribution < -0.4 is 0 Å². The van der Waals surface area contributed by atoms with E-state index in [1.807, 2.05) is 58.0 Å². The predicted molar refractivity (Wildman–Crippen MR) is 63.9 cm³/mol. The van der Waals surface area contributed by atoms with Crippen molar-refractivity contribution in [1.29, 1.82) is 0 Å². The first-order valence-electron chi connectivity index (χ1n) is 5.80. The molecule has 0 aromatic heterocycles. The maximum Gasteiger partial charge on any atom is 0.127 e. The maximum absolute atomic E-state index is 10.8. The normalized spacial score (nSPS) is 36.4. The summed E-state index contributed by atoms with van der Waals surface area (Å²) in [4.78, 5) is 0. The third kappa shape index (κ3) is 0.994. The molecule has 2 heteroatoms. The molecule has 1 aliphatic carbocycles. The molecule has 0 radical (unpaired) electrons. The van der Waals surface area contributed by atoms with Gasteiger partial charge in [-0.2, -0.15) is 0 Å². The van der Waals surface area contributed by atoms with Crippen LogP contribution in [-0.2, 0) is 5.60 Å². The van der Waals surface area contributed by atoms with Crippen LogP contribution in [0.2, 0.25) is 0 Å². The highest BCUT2D eigenvalue weighted by molar-refractivity contribution is 5.43. The van der Waals surface area contributed by atoms with Crippen molar-refractivity contribution >= 4 is 0 Å². The Morgan fingerprint density at radius 3 is 1.88 bits per heavy atom. The van der Waals surface area contributed by atoms with E-state index >= 15 is 0 Å². The van der Waals surface area contributed by atoms with Gasteiger partial charge in [-0.25, -0.2) is 0 Å². The summed E-state index contributed by atoms with van der Waals surface area (Å²) in [6.07, 6.45) is 0. The van der Waals surface area contributed by atoms with E-state index in [1.54, 1.807) is 0 Å². The monoisotopic (exact) mass is 220 g/mol. The number of benzene rings is 1. The zero-order chi connectivity index (χ0) is 12.2. The van der Waals surface area contributed by atoms with Crippen molar-refractivity contribution in [2.24, 2.45) is 11.3 Å². The summed E-state index contributed by atoms with van der Waals surface area (Å²) < 4.78 is 0. The van der Waals surface area contributed by atoms with Crippen LogP contribution >= 0.6 is 0 Å². The van der Waals surface area contributed by atoms with Crippen LogP contribution in [0.3, 0.4) is 0 Å². The van der Waals surface area contributed by atoms with Crippen molar-refractivity contribution in [2.45, 2.75) is 38.9 Å². The van der Waals surface area contributed by atoms with E-state index in [4.69, 9.17) is 0 Å². The molecule has 0 spiro atoms. The number of hydrogen-bond acceptors (Lipinski definition) is 2. The highest BCUT2D eigenvalue weighted by Gasteiger charge is 2.83. The summed E-state index contributed by atoms with van der Waals surface area (Å²) in [7, 11) is 0. The Morgan fingerprint density at radius 1 is 1.00 bits per heavy atom. The number of rotatable bonds is 2. The minimum Gasteiger partial charge on any atom is -0.386 e. The molecule has 1 aromatic carbocycles. The van der Waals surface area contributed by atoms with E-state index in [-0.39, 0.29) is 5.92 Å². The second-order valence-electron chi connectivity index (χ2n) is 5.62. The average molecular weight is 220 g/mol. The summed E-state index contributed by atoms with van der Waals surface area (Å²) in [6.45, 7) is 7.73. The molecule has 2 atom stereocenters. The fraction of sp³-hybridized carbons (Fsp3) is 0.571. The molecular weight excluding hydrogens is 200 g/mol. The lowest BCUT2D eigenvalue weighted by molar-refractivity contribution is -0.0115. The van der Waals surface area contributed by atoms with Crippen molar-refractivity contribution in [2.75, 3.05) is 0 Å². The molecule has 2 rings (SSSR count). The fourth-order valence-electron chi connectivity index (χ4n) is 3.26. The fourth-order valence-corrected chi connectivity index (χ4v) is 3.26. The van der Waals surface area contributed by atoms with Crippen LogP contribution in [0.25, 0.3) is 0 Å². The molecular formula is C14H20O2. The number of hydrogen-bond donors (Lipinski definition) is 2. The standard InChI is InChI=1S/C14H20O2/c1-10(2)13(15)12(3,4)14(13,16)11-8-6-5-7-9-11/h5-10,15-16H,1-4H3. The molecule has 0 saturated heterocycles. The SMILES string of the molecule is CC(C)C1(O)C(C)(C)C1(O)c1ccccc1. The zero-order valence-corrected chi connectivity index (χ0v) is 10.4. The van der Waals surface area contributed by atoms with E-state index < -0.39 is 16.6 Å². The molecule has 2 nitrogen and oxygen atoms in total. The van der Waals surface area contributed by atoms with Gasteiger partial charge in [0, 0.05) is 5.41 Å². The minimum atomic E-state index is -1.13. The molecule has 1 aliphatic rings. The lowest BCUT2D eigenvalue weighted by Gasteiger charge is -2.20.